The van der Waals surface area contributed by atoms with E-state index >= 15 is 0 Å². The molecule has 0 saturated heterocycles. The van der Waals surface area contributed by atoms with Crippen LogP contribution in [0.15, 0.2) is 47.7 Å². The van der Waals surface area contributed by atoms with E-state index in [0.29, 0.717) is 11.3 Å². The van der Waals surface area contributed by atoms with Gasteiger partial charge in [0.25, 0.3) is 0 Å². The number of aryl methyl sites for hydroxylation is 1. The molecule has 3 rings (SSSR count). The summed E-state index contributed by atoms with van der Waals surface area (Å²) in [6.45, 7) is 1.87. The van der Waals surface area contributed by atoms with Gasteiger partial charge in [0.15, 0.2) is 0 Å². The van der Waals surface area contributed by atoms with Crippen LogP contribution in [0.5, 0.6) is 0 Å². The van der Waals surface area contributed by atoms with Gasteiger partial charge in [0.05, 0.1) is 11.4 Å². The number of fused-ring (bicyclic) bond motifs is 1. The van der Waals surface area contributed by atoms with Crippen molar-refractivity contribution >= 4 is 23.1 Å². The van der Waals surface area contributed by atoms with Crippen LogP contribution in [0, 0.1) is 18.2 Å². The lowest BCUT2D eigenvalue weighted by Gasteiger charge is -2.09. The SMILES string of the molecule is CN=C(C=CN)C(=N)c1cc(C)ncc1/C=C1\c2ccc(F)cc21. The van der Waals surface area contributed by atoms with E-state index in [2.05, 4.69) is 9.98 Å². The summed E-state index contributed by atoms with van der Waals surface area (Å²) >= 11 is 0. The highest BCUT2D eigenvalue weighted by atomic mass is 19.1. The number of benzene rings is 1. The predicted molar refractivity (Wildman–Crippen MR) is 95.9 cm³/mol. The molecular formula is C19H17FN4. The Bertz CT molecular complexity index is 923. The molecule has 5 heteroatoms. The Morgan fingerprint density at radius 1 is 1.29 bits per heavy atom. The third kappa shape index (κ3) is 2.88. The molecule has 0 atom stereocenters. The maximum Gasteiger partial charge on any atom is 0.123 e. The van der Waals surface area contributed by atoms with Crippen LogP contribution in [-0.4, -0.2) is 23.5 Å². The Morgan fingerprint density at radius 2 is 2.08 bits per heavy atom. The van der Waals surface area contributed by atoms with Gasteiger partial charge in [-0.1, -0.05) is 6.07 Å². The van der Waals surface area contributed by atoms with Crippen molar-refractivity contribution < 1.29 is 4.39 Å². The fourth-order valence-electron chi connectivity index (χ4n) is 2.63. The Hall–Kier alpha value is -3.08. The molecule has 24 heavy (non-hydrogen) atoms. The largest absolute Gasteiger partial charge is 0.405 e. The molecular weight excluding hydrogens is 303 g/mol. The number of allylic oxidation sites excluding steroid dienone is 1. The molecule has 0 amide bonds. The summed E-state index contributed by atoms with van der Waals surface area (Å²) in [6.07, 6.45) is 6.61. The second-order valence-corrected chi connectivity index (χ2v) is 5.50. The highest BCUT2D eigenvalue weighted by Crippen LogP contribution is 2.44. The smallest absolute Gasteiger partial charge is 0.123 e. The highest BCUT2D eigenvalue weighted by Gasteiger charge is 2.25. The van der Waals surface area contributed by atoms with Crippen LogP contribution in [0.1, 0.15) is 27.9 Å². The van der Waals surface area contributed by atoms with Gasteiger partial charge < -0.3 is 5.73 Å². The maximum absolute atomic E-state index is 13.3. The van der Waals surface area contributed by atoms with E-state index in [1.807, 2.05) is 19.1 Å². The summed E-state index contributed by atoms with van der Waals surface area (Å²) in [7, 11) is 1.62. The van der Waals surface area contributed by atoms with Gasteiger partial charge >= 0.3 is 0 Å². The fraction of sp³-hybridized carbons (Fsp3) is 0.105. The third-order valence-electron chi connectivity index (χ3n) is 3.89. The number of nitrogens with two attached hydrogens (primary N) is 1. The standard InChI is InChI=1S/C19H17FN4/c1-11-7-15(19(22)18(23-2)5-6-21)12(10-24-11)8-16-14-4-3-13(20)9-17(14)16/h3-10,22H,21H2,1-2H3/b6-5?,16-8+,22-19?,23-18?. The van der Waals surface area contributed by atoms with E-state index in [4.69, 9.17) is 11.1 Å². The summed E-state index contributed by atoms with van der Waals surface area (Å²) in [5.41, 5.74) is 11.4. The van der Waals surface area contributed by atoms with Crippen LogP contribution in [0.3, 0.4) is 0 Å². The summed E-state index contributed by atoms with van der Waals surface area (Å²) in [5, 5.41) is 8.43. The quantitative estimate of drug-likeness (QED) is 0.723. The van der Waals surface area contributed by atoms with Gasteiger partial charge in [-0.25, -0.2) is 4.39 Å². The molecule has 4 nitrogen and oxygen atoms in total. The zero-order valence-corrected chi connectivity index (χ0v) is 13.5. The topological polar surface area (TPSA) is 75.1 Å². The van der Waals surface area contributed by atoms with Crippen LogP contribution < -0.4 is 5.73 Å². The first-order valence-corrected chi connectivity index (χ1v) is 7.48. The first kappa shape index (κ1) is 15.8. The van der Waals surface area contributed by atoms with Crippen LogP contribution in [0.2, 0.25) is 0 Å². The summed E-state index contributed by atoms with van der Waals surface area (Å²) in [5.74, 6) is -0.249. The Labute approximate surface area is 139 Å². The number of nitrogens with zero attached hydrogens (tertiary/aromatic N) is 2. The Morgan fingerprint density at radius 3 is 2.75 bits per heavy atom. The molecule has 1 heterocycles. The normalized spacial score (nSPS) is 15.0. The van der Waals surface area contributed by atoms with Gasteiger partial charge in [-0.2, -0.15) is 0 Å². The number of hydrogen-bond donors (Lipinski definition) is 2. The van der Waals surface area contributed by atoms with E-state index in [1.54, 1.807) is 25.4 Å². The van der Waals surface area contributed by atoms with Crippen molar-refractivity contribution in [3.63, 3.8) is 0 Å². The van der Waals surface area contributed by atoms with Crippen LogP contribution >= 0.6 is 0 Å². The minimum Gasteiger partial charge on any atom is -0.405 e. The lowest BCUT2D eigenvalue weighted by molar-refractivity contribution is 0.628. The molecule has 2 aromatic rings. The number of halogens is 1. The number of aliphatic imine (C=N–C) groups is 1. The molecule has 0 radical (unpaired) electrons. The van der Waals surface area contributed by atoms with Crippen molar-refractivity contribution in [3.8, 4) is 0 Å². The third-order valence-corrected chi connectivity index (χ3v) is 3.89. The summed E-state index contributed by atoms with van der Waals surface area (Å²) in [6, 6.07) is 6.57. The van der Waals surface area contributed by atoms with Gasteiger partial charge in [-0.05, 0) is 60.2 Å². The minimum atomic E-state index is -0.249. The van der Waals surface area contributed by atoms with E-state index in [9.17, 15) is 4.39 Å². The van der Waals surface area contributed by atoms with E-state index in [-0.39, 0.29) is 11.5 Å². The minimum absolute atomic E-state index is 0.249. The molecule has 0 bridgehead atoms. The van der Waals surface area contributed by atoms with Crippen molar-refractivity contribution in [1.29, 1.82) is 5.41 Å². The molecule has 3 N–H and O–H groups in total. The second kappa shape index (κ2) is 6.20. The van der Waals surface area contributed by atoms with Gasteiger partial charge in [0.2, 0.25) is 0 Å². The van der Waals surface area contributed by atoms with Gasteiger partial charge in [-0.3, -0.25) is 15.4 Å². The average molecular weight is 320 g/mol. The number of rotatable bonds is 4. The first-order valence-electron chi connectivity index (χ1n) is 7.48. The fourth-order valence-corrected chi connectivity index (χ4v) is 2.63. The van der Waals surface area contributed by atoms with Crippen LogP contribution in [0.25, 0.3) is 11.6 Å². The van der Waals surface area contributed by atoms with Crippen LogP contribution in [-0.2, 0) is 0 Å². The summed E-state index contributed by atoms with van der Waals surface area (Å²) in [4.78, 5) is 8.42. The van der Waals surface area contributed by atoms with Gasteiger partial charge in [0.1, 0.15) is 5.82 Å². The van der Waals surface area contributed by atoms with Crippen LogP contribution in [0.4, 0.5) is 4.39 Å². The van der Waals surface area contributed by atoms with E-state index in [0.717, 1.165) is 28.0 Å². The molecule has 0 fully saturated rings. The second-order valence-electron chi connectivity index (χ2n) is 5.50. The molecule has 1 aliphatic carbocycles. The number of hydrogen-bond acceptors (Lipinski definition) is 4. The molecule has 0 spiro atoms. The zero-order valence-electron chi connectivity index (χ0n) is 13.5. The first-order chi connectivity index (χ1) is 11.5. The molecule has 120 valence electrons. The monoisotopic (exact) mass is 320 g/mol. The predicted octanol–water partition coefficient (Wildman–Crippen LogP) is 3.34. The molecule has 1 aromatic carbocycles. The molecule has 0 saturated carbocycles. The summed E-state index contributed by atoms with van der Waals surface area (Å²) < 4.78 is 13.3. The van der Waals surface area contributed by atoms with Gasteiger partial charge in [-0.15, -0.1) is 0 Å². The van der Waals surface area contributed by atoms with Crippen molar-refractivity contribution in [2.45, 2.75) is 6.92 Å². The lowest BCUT2D eigenvalue weighted by atomic mass is 10.00. The maximum atomic E-state index is 13.3. The number of pyridine rings is 1. The van der Waals surface area contributed by atoms with Crippen molar-refractivity contribution in [2.24, 2.45) is 10.7 Å². The molecule has 1 aromatic heterocycles. The molecule has 1 aliphatic rings. The number of aromatic nitrogens is 1. The molecule has 0 aliphatic heterocycles. The van der Waals surface area contributed by atoms with E-state index < -0.39 is 0 Å². The van der Waals surface area contributed by atoms with Crippen molar-refractivity contribution in [2.75, 3.05) is 7.05 Å². The van der Waals surface area contributed by atoms with Crippen molar-refractivity contribution in [3.05, 3.63) is 76.5 Å². The number of nitrogens with one attached hydrogen (secondary N) is 1. The lowest BCUT2D eigenvalue weighted by Crippen LogP contribution is -2.14. The average Bonchev–Trinajstić information content (AvgIpc) is 3.25. The Kier molecular flexibility index (Phi) is 4.08. The Balaban J connectivity index is 2.04. The zero-order chi connectivity index (χ0) is 17.3. The molecule has 0 unspecified atom stereocenters. The van der Waals surface area contributed by atoms with Crippen molar-refractivity contribution in [1.82, 2.24) is 4.98 Å². The highest BCUT2D eigenvalue weighted by molar-refractivity contribution is 6.51. The van der Waals surface area contributed by atoms with E-state index in [1.165, 1.54) is 18.3 Å². The van der Waals surface area contributed by atoms with Gasteiger partial charge in [0, 0.05) is 30.1 Å².